The molecule has 0 radical (unpaired) electrons. The molecule has 3 rings (SSSR count). The van der Waals surface area contributed by atoms with Gasteiger partial charge in [0.15, 0.2) is 29.4 Å². The number of rotatable bonds is 5. The molecule has 0 bridgehead atoms. The zero-order valence-corrected chi connectivity index (χ0v) is 26.1. The van der Waals surface area contributed by atoms with E-state index in [4.69, 9.17) is 18.9 Å². The number of ketones is 2. The molecule has 0 amide bonds. The summed E-state index contributed by atoms with van der Waals surface area (Å²) in [6, 6.07) is 7.89. The van der Waals surface area contributed by atoms with Crippen molar-refractivity contribution in [2.75, 3.05) is 0 Å². The summed E-state index contributed by atoms with van der Waals surface area (Å²) in [7, 11) is 0. The van der Waals surface area contributed by atoms with Gasteiger partial charge in [0.1, 0.15) is 6.10 Å². The molecule has 0 saturated heterocycles. The molecule has 1 fully saturated rings. The van der Waals surface area contributed by atoms with Gasteiger partial charge in [0.25, 0.3) is 0 Å². The van der Waals surface area contributed by atoms with Gasteiger partial charge < -0.3 is 24.1 Å². The number of carbonyl (C=O) groups excluding carboxylic acids is 6. The van der Waals surface area contributed by atoms with E-state index in [2.05, 4.69) is 6.58 Å². The number of carbonyl (C=O) groups is 6. The van der Waals surface area contributed by atoms with Gasteiger partial charge in [0.05, 0.1) is 5.56 Å². The van der Waals surface area contributed by atoms with Crippen molar-refractivity contribution in [3.63, 3.8) is 0 Å². The number of esters is 4. The summed E-state index contributed by atoms with van der Waals surface area (Å²) < 4.78 is 22.6. The Balaban J connectivity index is 2.37. The average Bonchev–Trinajstić information content (AvgIpc) is 3.14. The average molecular weight is 613 g/mol. The van der Waals surface area contributed by atoms with Gasteiger partial charge in [0.2, 0.25) is 5.60 Å². The molecule has 0 spiro atoms. The Morgan fingerprint density at radius 1 is 0.886 bits per heavy atom. The van der Waals surface area contributed by atoms with Crippen LogP contribution in [0.3, 0.4) is 0 Å². The van der Waals surface area contributed by atoms with Crippen molar-refractivity contribution in [2.24, 2.45) is 17.3 Å². The number of Topliss-reactive ketones (excluding diaryl/α,β-unsaturated/α-hetero) is 2. The monoisotopic (exact) mass is 612 g/mol. The molecular formula is C33H40O11. The number of benzene rings is 1. The van der Waals surface area contributed by atoms with E-state index in [1.807, 2.05) is 0 Å². The van der Waals surface area contributed by atoms with Crippen molar-refractivity contribution in [1.29, 1.82) is 0 Å². The van der Waals surface area contributed by atoms with Crippen LogP contribution in [0.15, 0.2) is 54.6 Å². The van der Waals surface area contributed by atoms with Crippen LogP contribution in [0.4, 0.5) is 0 Å². The van der Waals surface area contributed by atoms with E-state index < -0.39 is 88.6 Å². The van der Waals surface area contributed by atoms with Crippen molar-refractivity contribution >= 4 is 35.4 Å². The van der Waals surface area contributed by atoms with Crippen LogP contribution in [0.1, 0.15) is 71.7 Å². The van der Waals surface area contributed by atoms with Crippen LogP contribution in [0.5, 0.6) is 0 Å². The van der Waals surface area contributed by atoms with E-state index in [0.29, 0.717) is 0 Å². The van der Waals surface area contributed by atoms with Gasteiger partial charge in [-0.25, -0.2) is 4.79 Å². The summed E-state index contributed by atoms with van der Waals surface area (Å²) in [5.41, 5.74) is -6.39. The summed E-state index contributed by atoms with van der Waals surface area (Å²) in [5.74, 6) is -6.69. The third-order valence-electron chi connectivity index (χ3n) is 8.12. The van der Waals surface area contributed by atoms with Gasteiger partial charge in [-0.1, -0.05) is 50.8 Å². The fourth-order valence-corrected chi connectivity index (χ4v) is 6.15. The van der Waals surface area contributed by atoms with Gasteiger partial charge >= 0.3 is 23.9 Å². The van der Waals surface area contributed by atoms with E-state index in [1.54, 1.807) is 39.0 Å². The molecule has 1 N–H and O–H groups in total. The fourth-order valence-electron chi connectivity index (χ4n) is 6.15. The third kappa shape index (κ3) is 6.52. The van der Waals surface area contributed by atoms with Gasteiger partial charge in [-0.3, -0.25) is 24.0 Å². The van der Waals surface area contributed by atoms with Gasteiger partial charge in [-0.05, 0) is 31.6 Å². The second-order valence-electron chi connectivity index (χ2n) is 12.2. The maximum absolute atomic E-state index is 14.4. The number of allylic oxidation sites excluding steroid dienone is 2. The number of fused-ring (bicyclic) bond motifs is 1. The van der Waals surface area contributed by atoms with Crippen molar-refractivity contribution in [3.8, 4) is 0 Å². The minimum atomic E-state index is -2.73. The second kappa shape index (κ2) is 12.9. The highest BCUT2D eigenvalue weighted by Gasteiger charge is 2.75. The number of hydrogen-bond acceptors (Lipinski definition) is 11. The number of aliphatic hydroxyl groups is 1. The minimum Gasteiger partial charge on any atom is -0.455 e. The Morgan fingerprint density at radius 2 is 1.48 bits per heavy atom. The van der Waals surface area contributed by atoms with Crippen LogP contribution in [0.2, 0.25) is 0 Å². The quantitative estimate of drug-likeness (QED) is 0.295. The summed E-state index contributed by atoms with van der Waals surface area (Å²) in [6.07, 6.45) is -2.73. The van der Waals surface area contributed by atoms with Crippen LogP contribution >= 0.6 is 0 Å². The van der Waals surface area contributed by atoms with Crippen LogP contribution < -0.4 is 0 Å². The third-order valence-corrected chi connectivity index (χ3v) is 8.12. The van der Waals surface area contributed by atoms with Crippen molar-refractivity contribution in [2.45, 2.75) is 90.8 Å². The van der Waals surface area contributed by atoms with E-state index >= 15 is 0 Å². The Labute approximate surface area is 256 Å². The molecule has 1 aromatic carbocycles. The molecule has 0 aliphatic heterocycles. The first kappa shape index (κ1) is 34.4. The van der Waals surface area contributed by atoms with E-state index in [0.717, 1.165) is 20.8 Å². The van der Waals surface area contributed by atoms with Gasteiger partial charge in [0, 0.05) is 50.9 Å². The summed E-state index contributed by atoms with van der Waals surface area (Å²) in [6.45, 7) is 13.4. The maximum Gasteiger partial charge on any atom is 0.338 e. The van der Waals surface area contributed by atoms with Crippen LogP contribution in [0, 0.1) is 17.3 Å². The highest BCUT2D eigenvalue weighted by atomic mass is 16.6. The molecule has 11 nitrogen and oxygen atoms in total. The van der Waals surface area contributed by atoms with Crippen LogP contribution in [0.25, 0.3) is 0 Å². The molecule has 0 unspecified atom stereocenters. The highest BCUT2D eigenvalue weighted by Crippen LogP contribution is 2.53. The Bertz CT molecular complexity index is 1380. The Morgan fingerprint density at radius 3 is 2.02 bits per heavy atom. The van der Waals surface area contributed by atoms with Crippen molar-refractivity contribution in [3.05, 3.63) is 60.2 Å². The van der Waals surface area contributed by atoms with E-state index in [9.17, 15) is 33.9 Å². The standard InChI is InChI=1S/C33H40O11/c1-18-14-15-31(7,8)27(38)25(41-21(4)34)16-19(2)28(42-22(5)35)33(40)29(43-30(39)24-12-10-9-11-13-24)20(3)17-32(33,26(18)37)44-23(6)36/h9-15,18,20,25,28-29,40H,2,16-17H2,1,3-8H3/b15-14+/t18-,20+,25-,28+,29-,32+,33-/m1/s1. The molecule has 7 atom stereocenters. The Hall–Kier alpha value is -4.12. The van der Waals surface area contributed by atoms with Crippen molar-refractivity contribution in [1.82, 2.24) is 0 Å². The molecule has 0 aromatic heterocycles. The SMILES string of the molecule is C=C1C[C@@H](OC(C)=O)C(=O)C(C)(C)/C=C/[C@@H](C)C(=O)[C@@]2(OC(C)=O)C[C@H](C)[C@@H](OC(=O)c3ccccc3)[C@]2(O)[C@H]1OC(C)=O. The smallest absolute Gasteiger partial charge is 0.338 e. The van der Waals surface area contributed by atoms with Crippen LogP contribution in [-0.2, 0) is 42.9 Å². The molecule has 238 valence electrons. The number of hydrogen-bond donors (Lipinski definition) is 1. The summed E-state index contributed by atoms with van der Waals surface area (Å²) in [4.78, 5) is 78.7. The lowest BCUT2D eigenvalue weighted by atomic mass is 9.70. The first-order valence-electron chi connectivity index (χ1n) is 14.4. The predicted molar refractivity (Wildman–Crippen MR) is 156 cm³/mol. The maximum atomic E-state index is 14.4. The zero-order valence-electron chi connectivity index (χ0n) is 26.1. The normalized spacial score (nSPS) is 32.7. The number of ether oxygens (including phenoxy) is 4. The van der Waals surface area contributed by atoms with Gasteiger partial charge in [-0.15, -0.1) is 0 Å². The van der Waals surface area contributed by atoms with E-state index in [-0.39, 0.29) is 17.6 Å². The molecule has 1 saturated carbocycles. The van der Waals surface area contributed by atoms with Crippen molar-refractivity contribution < 1.29 is 52.8 Å². The van der Waals surface area contributed by atoms with E-state index in [1.165, 1.54) is 31.2 Å². The summed E-state index contributed by atoms with van der Waals surface area (Å²) in [5, 5.41) is 12.9. The fraction of sp³-hybridized carbons (Fsp3) is 0.515. The predicted octanol–water partition coefficient (Wildman–Crippen LogP) is 3.46. The Kier molecular flexibility index (Phi) is 10.0. The largest absolute Gasteiger partial charge is 0.455 e. The molecule has 11 heteroatoms. The lowest BCUT2D eigenvalue weighted by Crippen LogP contribution is -2.70. The minimum absolute atomic E-state index is 0.134. The molecule has 44 heavy (non-hydrogen) atoms. The first-order chi connectivity index (χ1) is 20.4. The lowest BCUT2D eigenvalue weighted by Gasteiger charge is -2.47. The second-order valence-corrected chi connectivity index (χ2v) is 12.2. The summed E-state index contributed by atoms with van der Waals surface area (Å²) >= 11 is 0. The molecule has 2 aliphatic carbocycles. The zero-order chi connectivity index (χ0) is 33.2. The molecule has 1 aromatic rings. The molecule has 2 aliphatic rings. The topological polar surface area (TPSA) is 160 Å². The lowest BCUT2D eigenvalue weighted by molar-refractivity contribution is -0.231. The van der Waals surface area contributed by atoms with Gasteiger partial charge in [-0.2, -0.15) is 0 Å². The molecule has 0 heterocycles. The van der Waals surface area contributed by atoms with Crippen LogP contribution in [-0.4, -0.2) is 70.1 Å². The molecular weight excluding hydrogens is 572 g/mol. The first-order valence-corrected chi connectivity index (χ1v) is 14.4. The highest BCUT2D eigenvalue weighted by molar-refractivity contribution is 5.96.